The molecule has 0 saturated carbocycles. The molecule has 0 aromatic heterocycles. The molecule has 1 atom stereocenters. The first-order valence-corrected chi connectivity index (χ1v) is 7.11. The normalized spacial score (nSPS) is 12.6. The lowest BCUT2D eigenvalue weighted by atomic mass is 9.85. The molecule has 0 spiro atoms. The lowest BCUT2D eigenvalue weighted by Gasteiger charge is -2.30. The Morgan fingerprint density at radius 3 is 2.38 bits per heavy atom. The molecule has 0 bridgehead atoms. The number of para-hydroxylation sites is 1. The van der Waals surface area contributed by atoms with E-state index in [0.717, 1.165) is 17.7 Å². The van der Waals surface area contributed by atoms with Crippen LogP contribution in [0.25, 0.3) is 0 Å². The van der Waals surface area contributed by atoms with Crippen LogP contribution >= 0.6 is 0 Å². The molecular formula is C16H24N2O3. The average molecular weight is 292 g/mol. The van der Waals surface area contributed by atoms with Gasteiger partial charge in [-0.3, -0.25) is 4.79 Å². The molecule has 1 aromatic rings. The summed E-state index contributed by atoms with van der Waals surface area (Å²) in [7, 11) is 0. The summed E-state index contributed by atoms with van der Waals surface area (Å²) in [5, 5.41) is 14.5. The summed E-state index contributed by atoms with van der Waals surface area (Å²) in [6.45, 7) is 7.73. The van der Waals surface area contributed by atoms with Crippen LogP contribution in [-0.4, -0.2) is 23.1 Å². The van der Waals surface area contributed by atoms with Crippen molar-refractivity contribution >= 4 is 17.7 Å². The second-order valence-electron chi connectivity index (χ2n) is 6.13. The maximum atomic E-state index is 12.1. The minimum Gasteiger partial charge on any atom is -0.481 e. The highest BCUT2D eigenvalue weighted by Gasteiger charge is 2.28. The summed E-state index contributed by atoms with van der Waals surface area (Å²) in [5.41, 5.74) is 1.46. The molecule has 1 unspecified atom stereocenters. The predicted octanol–water partition coefficient (Wildman–Crippen LogP) is 3.26. The van der Waals surface area contributed by atoms with E-state index in [1.165, 1.54) is 0 Å². The first-order chi connectivity index (χ1) is 9.74. The van der Waals surface area contributed by atoms with E-state index in [-0.39, 0.29) is 17.9 Å². The Bertz CT molecular complexity index is 506. The number of carbonyl (C=O) groups excluding carboxylic acids is 1. The number of carboxylic acids is 1. The van der Waals surface area contributed by atoms with Crippen molar-refractivity contribution in [1.82, 2.24) is 5.32 Å². The quantitative estimate of drug-likeness (QED) is 0.779. The predicted molar refractivity (Wildman–Crippen MR) is 83.5 cm³/mol. The third-order valence-corrected chi connectivity index (χ3v) is 3.38. The summed E-state index contributed by atoms with van der Waals surface area (Å²) >= 11 is 0. The Hall–Kier alpha value is -2.04. The van der Waals surface area contributed by atoms with Gasteiger partial charge in [-0.05, 0) is 23.5 Å². The molecule has 0 radical (unpaired) electrons. The molecule has 2 amide bonds. The van der Waals surface area contributed by atoms with Crippen molar-refractivity contribution in [3.05, 3.63) is 29.8 Å². The summed E-state index contributed by atoms with van der Waals surface area (Å²) in [5.74, 6) is -0.927. The zero-order valence-corrected chi connectivity index (χ0v) is 13.1. The molecule has 3 N–H and O–H groups in total. The van der Waals surface area contributed by atoms with Crippen molar-refractivity contribution in [2.45, 2.75) is 46.6 Å². The van der Waals surface area contributed by atoms with Gasteiger partial charge < -0.3 is 15.7 Å². The first kappa shape index (κ1) is 17.0. The third kappa shape index (κ3) is 5.45. The molecule has 116 valence electrons. The molecule has 0 fully saturated rings. The molecule has 21 heavy (non-hydrogen) atoms. The number of nitrogens with one attached hydrogen (secondary N) is 2. The van der Waals surface area contributed by atoms with Crippen molar-refractivity contribution in [3.63, 3.8) is 0 Å². The van der Waals surface area contributed by atoms with Crippen LogP contribution in [0.2, 0.25) is 0 Å². The van der Waals surface area contributed by atoms with Crippen LogP contribution in [0.15, 0.2) is 24.3 Å². The summed E-state index contributed by atoms with van der Waals surface area (Å²) < 4.78 is 0. The highest BCUT2D eigenvalue weighted by atomic mass is 16.4. The van der Waals surface area contributed by atoms with Crippen molar-refractivity contribution in [3.8, 4) is 0 Å². The monoisotopic (exact) mass is 292 g/mol. The van der Waals surface area contributed by atoms with Crippen LogP contribution in [0.1, 0.15) is 39.7 Å². The highest BCUT2D eigenvalue weighted by molar-refractivity contribution is 5.90. The van der Waals surface area contributed by atoms with Gasteiger partial charge in [-0.2, -0.15) is 0 Å². The van der Waals surface area contributed by atoms with Crippen LogP contribution in [0, 0.1) is 5.41 Å². The number of carboxylic acid groups (broad SMARTS) is 1. The van der Waals surface area contributed by atoms with Crippen LogP contribution in [0.5, 0.6) is 0 Å². The largest absolute Gasteiger partial charge is 0.481 e. The lowest BCUT2D eigenvalue weighted by molar-refractivity contribution is -0.138. The molecule has 1 aromatic carbocycles. The number of carbonyl (C=O) groups is 2. The average Bonchev–Trinajstić information content (AvgIpc) is 2.37. The number of aliphatic carboxylic acids is 1. The highest BCUT2D eigenvalue weighted by Crippen LogP contribution is 2.22. The Balaban J connectivity index is 2.76. The number of amides is 2. The van der Waals surface area contributed by atoms with Crippen LogP contribution < -0.4 is 10.6 Å². The Morgan fingerprint density at radius 1 is 1.24 bits per heavy atom. The van der Waals surface area contributed by atoms with E-state index in [0.29, 0.717) is 0 Å². The van der Waals surface area contributed by atoms with Gasteiger partial charge in [-0.15, -0.1) is 0 Å². The molecule has 5 heteroatoms. The molecular weight excluding hydrogens is 268 g/mol. The maximum Gasteiger partial charge on any atom is 0.319 e. The fourth-order valence-corrected chi connectivity index (χ4v) is 2.02. The van der Waals surface area contributed by atoms with Crippen molar-refractivity contribution in [1.29, 1.82) is 0 Å². The third-order valence-electron chi connectivity index (χ3n) is 3.38. The number of hydrogen-bond donors (Lipinski definition) is 3. The number of urea groups is 1. The number of aryl methyl sites for hydroxylation is 1. The van der Waals surface area contributed by atoms with Crippen molar-refractivity contribution in [2.75, 3.05) is 5.32 Å². The van der Waals surface area contributed by atoms with Crippen LogP contribution in [0.3, 0.4) is 0 Å². The van der Waals surface area contributed by atoms with Gasteiger partial charge in [0.15, 0.2) is 0 Å². The van der Waals surface area contributed by atoms with E-state index < -0.39 is 12.0 Å². The smallest absolute Gasteiger partial charge is 0.319 e. The van der Waals surface area contributed by atoms with Gasteiger partial charge in [0, 0.05) is 11.7 Å². The Kier molecular flexibility index (Phi) is 5.76. The van der Waals surface area contributed by atoms with E-state index in [9.17, 15) is 9.59 Å². The fraction of sp³-hybridized carbons (Fsp3) is 0.500. The van der Waals surface area contributed by atoms with Gasteiger partial charge >= 0.3 is 12.0 Å². The van der Waals surface area contributed by atoms with Gasteiger partial charge in [-0.25, -0.2) is 4.79 Å². The summed E-state index contributed by atoms with van der Waals surface area (Å²) in [6.07, 6.45) is 0.709. The topological polar surface area (TPSA) is 78.4 Å². The number of rotatable bonds is 5. The van der Waals surface area contributed by atoms with Gasteiger partial charge in [-0.1, -0.05) is 45.9 Å². The zero-order chi connectivity index (χ0) is 16.0. The molecule has 1 rings (SSSR count). The van der Waals surface area contributed by atoms with Crippen molar-refractivity contribution in [2.24, 2.45) is 5.41 Å². The minimum atomic E-state index is -0.927. The van der Waals surface area contributed by atoms with Crippen LogP contribution in [-0.2, 0) is 11.2 Å². The standard InChI is InChI=1S/C16H24N2O3/c1-5-11-8-6-7-9-12(11)17-15(21)18-13(10-14(19)20)16(2,3)4/h6-9,13H,5,10H2,1-4H3,(H,19,20)(H2,17,18,21). The van der Waals surface area contributed by atoms with E-state index in [4.69, 9.17) is 5.11 Å². The fourth-order valence-electron chi connectivity index (χ4n) is 2.02. The minimum absolute atomic E-state index is 0.105. The zero-order valence-electron chi connectivity index (χ0n) is 13.1. The molecule has 5 nitrogen and oxygen atoms in total. The number of benzene rings is 1. The summed E-state index contributed by atoms with van der Waals surface area (Å²) in [6, 6.07) is 6.74. The van der Waals surface area contributed by atoms with Crippen molar-refractivity contribution < 1.29 is 14.7 Å². The Labute approximate surface area is 125 Å². The second-order valence-corrected chi connectivity index (χ2v) is 6.13. The van der Waals surface area contributed by atoms with E-state index in [2.05, 4.69) is 10.6 Å². The Morgan fingerprint density at radius 2 is 1.86 bits per heavy atom. The van der Waals surface area contributed by atoms with E-state index >= 15 is 0 Å². The molecule has 0 saturated heterocycles. The van der Waals surface area contributed by atoms with Gasteiger partial charge in [0.25, 0.3) is 0 Å². The van der Waals surface area contributed by atoms with E-state index in [1.54, 1.807) is 0 Å². The van der Waals surface area contributed by atoms with Gasteiger partial charge in [0.2, 0.25) is 0 Å². The van der Waals surface area contributed by atoms with Gasteiger partial charge in [0.1, 0.15) is 0 Å². The molecule has 0 aliphatic carbocycles. The molecule has 0 aliphatic heterocycles. The van der Waals surface area contributed by atoms with Crippen LogP contribution in [0.4, 0.5) is 10.5 Å². The number of hydrogen-bond acceptors (Lipinski definition) is 2. The van der Waals surface area contributed by atoms with E-state index in [1.807, 2.05) is 52.0 Å². The second kappa shape index (κ2) is 7.11. The number of anilines is 1. The van der Waals surface area contributed by atoms with Gasteiger partial charge in [0.05, 0.1) is 6.42 Å². The maximum absolute atomic E-state index is 12.1. The first-order valence-electron chi connectivity index (χ1n) is 7.11. The lowest BCUT2D eigenvalue weighted by Crippen LogP contribution is -2.46. The molecule has 0 aliphatic rings. The SMILES string of the molecule is CCc1ccccc1NC(=O)NC(CC(=O)O)C(C)(C)C. The summed E-state index contributed by atoms with van der Waals surface area (Å²) in [4.78, 5) is 23.0. The molecule has 0 heterocycles.